The molecule has 4 aromatic heterocycles. The molecule has 0 saturated carbocycles. The zero-order chi connectivity index (χ0) is 25.2. The van der Waals surface area contributed by atoms with Crippen molar-refractivity contribution in [2.24, 2.45) is 0 Å². The fourth-order valence-electron chi connectivity index (χ4n) is 3.57. The normalized spacial score (nSPS) is 11.9. The zero-order valence-corrected chi connectivity index (χ0v) is 19.6. The van der Waals surface area contributed by atoms with Gasteiger partial charge in [-0.1, -0.05) is 5.92 Å². The summed E-state index contributed by atoms with van der Waals surface area (Å²) in [5.41, 5.74) is 1.76. The maximum atomic E-state index is 11.8. The molecule has 5 heterocycles. The number of rotatable bonds is 4. The highest BCUT2D eigenvalue weighted by atomic mass is 32.1. The topological polar surface area (TPSA) is 132 Å². The second-order valence-corrected chi connectivity index (χ2v) is 8.91. The molecule has 0 unspecified atom stereocenters. The molecule has 0 amide bonds. The van der Waals surface area contributed by atoms with Crippen LogP contribution in [0, 0.1) is 18.8 Å². The Morgan fingerprint density at radius 1 is 0.833 bits per heavy atom. The molecule has 9 nitrogen and oxygen atoms in total. The summed E-state index contributed by atoms with van der Waals surface area (Å²) in [4.78, 5) is 37.9. The number of pyridine rings is 3. The molecule has 0 bridgehead atoms. The number of ether oxygens (including phenoxy) is 2. The lowest BCUT2D eigenvalue weighted by Crippen LogP contribution is -2.15. The molecule has 0 saturated heterocycles. The molecule has 0 atom stereocenters. The Kier molecular flexibility index (Phi) is 6.06. The lowest BCUT2D eigenvalue weighted by molar-refractivity contribution is 0.0686. The van der Waals surface area contributed by atoms with Crippen LogP contribution in [0.2, 0.25) is 0 Å². The fraction of sp³-hybridized carbons (Fsp3) is 0.115. The summed E-state index contributed by atoms with van der Waals surface area (Å²) >= 11 is 1.49. The number of fused-ring (bicyclic) bond motifs is 1. The number of thiophene rings is 1. The second kappa shape index (κ2) is 9.48. The van der Waals surface area contributed by atoms with Gasteiger partial charge in [-0.3, -0.25) is 9.97 Å². The third-order valence-electron chi connectivity index (χ3n) is 5.25. The first-order chi connectivity index (χ1) is 17.4. The fourth-order valence-corrected chi connectivity index (χ4v) is 4.47. The van der Waals surface area contributed by atoms with Gasteiger partial charge in [0.2, 0.25) is 0 Å². The molecule has 4 aromatic rings. The molecule has 2 N–H and O–H groups in total. The summed E-state index contributed by atoms with van der Waals surface area (Å²) in [7, 11) is 0. The molecule has 10 heteroatoms. The number of aromatic carboxylic acids is 2. The Hall–Kier alpha value is -4.75. The van der Waals surface area contributed by atoms with Gasteiger partial charge < -0.3 is 19.7 Å². The molecular formula is C26H17N3O6S. The van der Waals surface area contributed by atoms with Crippen LogP contribution >= 0.6 is 11.3 Å². The summed E-state index contributed by atoms with van der Waals surface area (Å²) < 4.78 is 11.4. The van der Waals surface area contributed by atoms with Crippen LogP contribution in [-0.2, 0) is 0 Å². The van der Waals surface area contributed by atoms with Gasteiger partial charge in [-0.25, -0.2) is 14.6 Å². The first-order valence-corrected chi connectivity index (χ1v) is 11.5. The molecule has 1 aliphatic rings. The van der Waals surface area contributed by atoms with Crippen LogP contribution < -0.4 is 9.47 Å². The van der Waals surface area contributed by atoms with Crippen LogP contribution in [0.1, 0.15) is 36.0 Å². The van der Waals surface area contributed by atoms with E-state index in [1.165, 1.54) is 41.8 Å². The molecule has 0 spiro atoms. The van der Waals surface area contributed by atoms with E-state index in [1.54, 1.807) is 18.3 Å². The van der Waals surface area contributed by atoms with E-state index in [4.69, 9.17) is 9.47 Å². The number of aryl methyl sites for hydroxylation is 1. The van der Waals surface area contributed by atoms with Crippen molar-refractivity contribution in [3.05, 3.63) is 75.2 Å². The van der Waals surface area contributed by atoms with E-state index in [0.29, 0.717) is 30.2 Å². The molecule has 178 valence electrons. The Labute approximate surface area is 209 Å². The minimum absolute atomic E-state index is 0.0138. The van der Waals surface area contributed by atoms with Gasteiger partial charge in [0.25, 0.3) is 0 Å². The molecule has 0 aliphatic carbocycles. The van der Waals surface area contributed by atoms with Crippen LogP contribution in [0.15, 0.2) is 48.8 Å². The van der Waals surface area contributed by atoms with Crippen molar-refractivity contribution >= 4 is 23.3 Å². The maximum absolute atomic E-state index is 11.8. The number of carbonyl (C=O) groups is 2. The Morgan fingerprint density at radius 3 is 2.14 bits per heavy atom. The molecule has 0 aromatic carbocycles. The zero-order valence-electron chi connectivity index (χ0n) is 18.8. The minimum atomic E-state index is -1.16. The quantitative estimate of drug-likeness (QED) is 0.398. The average molecular weight is 500 g/mol. The average Bonchev–Trinajstić information content (AvgIpc) is 3.23. The SMILES string of the molecule is Cc1sc(C#Cc2ccnc(-c3cc(C(=O)O)cc(-c4cc(C(=O)O)ccn4)n3)c2)c2c1OCCO2. The minimum Gasteiger partial charge on any atom is -0.485 e. The van der Waals surface area contributed by atoms with E-state index in [0.717, 1.165) is 15.5 Å². The molecule has 0 radical (unpaired) electrons. The van der Waals surface area contributed by atoms with E-state index in [2.05, 4.69) is 26.8 Å². The van der Waals surface area contributed by atoms with Crippen LogP contribution in [0.5, 0.6) is 11.5 Å². The summed E-state index contributed by atoms with van der Waals surface area (Å²) in [6.07, 6.45) is 2.90. The van der Waals surface area contributed by atoms with Crippen molar-refractivity contribution in [3.8, 4) is 46.1 Å². The van der Waals surface area contributed by atoms with Gasteiger partial charge in [0.15, 0.2) is 11.5 Å². The van der Waals surface area contributed by atoms with Crippen molar-refractivity contribution in [2.75, 3.05) is 13.2 Å². The van der Waals surface area contributed by atoms with Crippen LogP contribution in [0.4, 0.5) is 0 Å². The van der Waals surface area contributed by atoms with Gasteiger partial charge in [-0.2, -0.15) is 0 Å². The standard InChI is InChI=1S/C26H17N3O6S/c1-14-23-24(35-9-8-34-23)22(36-14)3-2-15-4-6-27-18(10-15)20-12-17(26(32)33)13-21(29-20)19-11-16(25(30)31)5-7-28-19/h4-7,10-13H,8-9H2,1H3,(H,30,31)(H,32,33). The van der Waals surface area contributed by atoms with Crippen LogP contribution in [-0.4, -0.2) is 50.3 Å². The van der Waals surface area contributed by atoms with Crippen molar-refractivity contribution in [1.82, 2.24) is 15.0 Å². The van der Waals surface area contributed by atoms with E-state index in [9.17, 15) is 19.8 Å². The van der Waals surface area contributed by atoms with E-state index < -0.39 is 11.9 Å². The number of hydrogen-bond donors (Lipinski definition) is 2. The smallest absolute Gasteiger partial charge is 0.335 e. The highest BCUT2D eigenvalue weighted by molar-refractivity contribution is 7.13. The number of carboxylic acid groups (broad SMARTS) is 2. The largest absolute Gasteiger partial charge is 0.485 e. The van der Waals surface area contributed by atoms with Crippen molar-refractivity contribution < 1.29 is 29.3 Å². The predicted molar refractivity (Wildman–Crippen MR) is 131 cm³/mol. The third-order valence-corrected chi connectivity index (χ3v) is 6.23. The summed E-state index contributed by atoms with van der Waals surface area (Å²) in [5, 5.41) is 18.9. The number of hydrogen-bond acceptors (Lipinski definition) is 8. The van der Waals surface area contributed by atoms with E-state index >= 15 is 0 Å². The molecular weight excluding hydrogens is 482 g/mol. The second-order valence-electron chi connectivity index (χ2n) is 7.69. The Bertz CT molecular complexity index is 1580. The first kappa shape index (κ1) is 23.0. The maximum Gasteiger partial charge on any atom is 0.335 e. The van der Waals surface area contributed by atoms with Gasteiger partial charge >= 0.3 is 11.9 Å². The number of carboxylic acids is 2. The van der Waals surface area contributed by atoms with Gasteiger partial charge in [0.1, 0.15) is 18.1 Å². The summed E-state index contributed by atoms with van der Waals surface area (Å²) in [6.45, 7) is 2.93. The van der Waals surface area contributed by atoms with Gasteiger partial charge in [0.05, 0.1) is 33.9 Å². The molecule has 1 aliphatic heterocycles. The lowest BCUT2D eigenvalue weighted by Gasteiger charge is -2.15. The molecule has 0 fully saturated rings. The predicted octanol–water partition coefficient (Wildman–Crippen LogP) is 4.14. The number of aromatic nitrogens is 3. The molecule has 5 rings (SSSR count). The van der Waals surface area contributed by atoms with E-state index in [-0.39, 0.29) is 28.2 Å². The lowest BCUT2D eigenvalue weighted by atomic mass is 10.1. The summed E-state index contributed by atoms with van der Waals surface area (Å²) in [5.74, 6) is 5.33. The van der Waals surface area contributed by atoms with Crippen LogP contribution in [0.25, 0.3) is 22.8 Å². The monoisotopic (exact) mass is 499 g/mol. The Balaban J connectivity index is 1.53. The van der Waals surface area contributed by atoms with Gasteiger partial charge in [-0.15, -0.1) is 11.3 Å². The highest BCUT2D eigenvalue weighted by Crippen LogP contribution is 2.43. The van der Waals surface area contributed by atoms with Crippen molar-refractivity contribution in [1.29, 1.82) is 0 Å². The number of nitrogens with zero attached hydrogens (tertiary/aromatic N) is 3. The third kappa shape index (κ3) is 4.60. The van der Waals surface area contributed by atoms with Gasteiger partial charge in [0, 0.05) is 22.8 Å². The van der Waals surface area contributed by atoms with Crippen molar-refractivity contribution in [3.63, 3.8) is 0 Å². The molecule has 36 heavy (non-hydrogen) atoms. The van der Waals surface area contributed by atoms with Crippen LogP contribution in [0.3, 0.4) is 0 Å². The van der Waals surface area contributed by atoms with Gasteiger partial charge in [-0.05, 0) is 49.2 Å². The summed E-state index contributed by atoms with van der Waals surface area (Å²) in [6, 6.07) is 8.87. The van der Waals surface area contributed by atoms with E-state index in [1.807, 2.05) is 6.92 Å². The van der Waals surface area contributed by atoms with Crippen molar-refractivity contribution in [2.45, 2.75) is 6.92 Å². The first-order valence-electron chi connectivity index (χ1n) is 10.7. The highest BCUT2D eigenvalue weighted by Gasteiger charge is 2.21. The Morgan fingerprint density at radius 2 is 1.44 bits per heavy atom.